The lowest BCUT2D eigenvalue weighted by atomic mass is 10.0. The van der Waals surface area contributed by atoms with Gasteiger partial charge >= 0.3 is 5.97 Å². The highest BCUT2D eigenvalue weighted by Crippen LogP contribution is 2.17. The SMILES string of the molecule is CCCCCCCCCCCCCCC/C=C/C(O)C(CO)NC(=O)CCCCCCCCCCCCCCCOC(=O)CCCCCCCCCCCCCCCCCCC. The molecule has 6 heteroatoms. The lowest BCUT2D eigenvalue weighted by Gasteiger charge is -2.20. The number of nitrogens with one attached hydrogen (secondary N) is 1. The van der Waals surface area contributed by atoms with Gasteiger partial charge < -0.3 is 20.3 Å². The average Bonchev–Trinajstić information content (AvgIpc) is 3.27. The smallest absolute Gasteiger partial charge is 0.305 e. The van der Waals surface area contributed by atoms with Crippen LogP contribution in [0, 0.1) is 0 Å². The first-order chi connectivity index (χ1) is 30.5. The van der Waals surface area contributed by atoms with Gasteiger partial charge in [0.1, 0.15) is 0 Å². The number of ether oxygens (including phenoxy) is 1. The van der Waals surface area contributed by atoms with E-state index < -0.39 is 12.1 Å². The Hall–Kier alpha value is -1.40. The predicted molar refractivity (Wildman–Crippen MR) is 269 cm³/mol. The van der Waals surface area contributed by atoms with E-state index in [-0.39, 0.29) is 18.5 Å². The summed E-state index contributed by atoms with van der Waals surface area (Å²) in [6.45, 7) is 4.89. The van der Waals surface area contributed by atoms with Crippen molar-refractivity contribution in [3.8, 4) is 0 Å². The van der Waals surface area contributed by atoms with Crippen molar-refractivity contribution in [2.75, 3.05) is 13.2 Å². The quantitative estimate of drug-likeness (QED) is 0.0321. The van der Waals surface area contributed by atoms with Crippen LogP contribution in [0.25, 0.3) is 0 Å². The van der Waals surface area contributed by atoms with Crippen LogP contribution < -0.4 is 5.32 Å². The fourth-order valence-electron chi connectivity index (χ4n) is 8.75. The van der Waals surface area contributed by atoms with Gasteiger partial charge in [-0.3, -0.25) is 9.59 Å². The van der Waals surface area contributed by atoms with E-state index in [1.165, 1.54) is 225 Å². The van der Waals surface area contributed by atoms with Crippen LogP contribution in [-0.4, -0.2) is 47.4 Å². The van der Waals surface area contributed by atoms with E-state index in [1.807, 2.05) is 6.08 Å². The van der Waals surface area contributed by atoms with Gasteiger partial charge in [-0.1, -0.05) is 276 Å². The van der Waals surface area contributed by atoms with Crippen molar-refractivity contribution < 1.29 is 24.5 Å². The summed E-state index contributed by atoms with van der Waals surface area (Å²) < 4.78 is 5.48. The maximum absolute atomic E-state index is 12.4. The summed E-state index contributed by atoms with van der Waals surface area (Å²) in [5.74, 6) is -0.0813. The molecule has 0 aromatic heterocycles. The Morgan fingerprint density at radius 2 is 0.742 bits per heavy atom. The maximum Gasteiger partial charge on any atom is 0.305 e. The average molecular weight is 876 g/mol. The topological polar surface area (TPSA) is 95.9 Å². The van der Waals surface area contributed by atoms with Gasteiger partial charge in [0.15, 0.2) is 0 Å². The zero-order chi connectivity index (χ0) is 45.1. The molecule has 6 nitrogen and oxygen atoms in total. The highest BCUT2D eigenvalue weighted by atomic mass is 16.5. The molecular weight excluding hydrogens is 767 g/mol. The minimum Gasteiger partial charge on any atom is -0.466 e. The molecule has 0 aliphatic carbocycles. The second kappa shape index (κ2) is 52.2. The molecule has 0 heterocycles. The van der Waals surface area contributed by atoms with Crippen molar-refractivity contribution >= 4 is 11.9 Å². The van der Waals surface area contributed by atoms with Crippen molar-refractivity contribution in [2.45, 2.75) is 321 Å². The Kier molecular flexibility index (Phi) is 51.0. The predicted octanol–water partition coefficient (Wildman–Crippen LogP) is 16.9. The molecule has 0 aliphatic rings. The largest absolute Gasteiger partial charge is 0.466 e. The number of esters is 1. The van der Waals surface area contributed by atoms with Crippen LogP contribution in [-0.2, 0) is 14.3 Å². The third kappa shape index (κ3) is 48.1. The van der Waals surface area contributed by atoms with E-state index in [0.29, 0.717) is 19.4 Å². The monoisotopic (exact) mass is 876 g/mol. The number of aliphatic hydroxyl groups is 2. The van der Waals surface area contributed by atoms with E-state index in [0.717, 1.165) is 57.8 Å². The Morgan fingerprint density at radius 3 is 1.10 bits per heavy atom. The van der Waals surface area contributed by atoms with Gasteiger partial charge in [-0.15, -0.1) is 0 Å². The molecule has 0 rings (SSSR count). The lowest BCUT2D eigenvalue weighted by Crippen LogP contribution is -2.45. The van der Waals surface area contributed by atoms with Gasteiger partial charge in [0.05, 0.1) is 25.4 Å². The molecule has 0 aliphatic heterocycles. The first-order valence-corrected chi connectivity index (χ1v) is 28.0. The summed E-state index contributed by atoms with van der Waals surface area (Å²) in [5.41, 5.74) is 0. The van der Waals surface area contributed by atoms with E-state index in [9.17, 15) is 19.8 Å². The minimum atomic E-state index is -0.851. The molecule has 0 aromatic carbocycles. The van der Waals surface area contributed by atoms with Gasteiger partial charge in [-0.2, -0.15) is 0 Å². The number of allylic oxidation sites excluding steroid dienone is 1. The van der Waals surface area contributed by atoms with Crippen LogP contribution in [0.15, 0.2) is 12.2 Å². The Bertz CT molecular complexity index is 924. The standard InChI is InChI=1S/C56H109NO5/c1-3-5-7-9-11-13-15-17-19-20-22-26-30-34-38-42-46-50-56(61)62-51-47-43-39-35-31-27-23-25-29-33-37-41-45-49-55(60)57-53(52-58)54(59)48-44-40-36-32-28-24-21-18-16-14-12-10-8-6-4-2/h44,48,53-54,58-59H,3-43,45-47,49-52H2,1-2H3,(H,57,60)/b48-44+. The number of hydrogen-bond donors (Lipinski definition) is 3. The van der Waals surface area contributed by atoms with Crippen LogP contribution in [0.1, 0.15) is 309 Å². The number of amides is 1. The Morgan fingerprint density at radius 1 is 0.435 bits per heavy atom. The van der Waals surface area contributed by atoms with Gasteiger partial charge in [0, 0.05) is 12.8 Å². The highest BCUT2D eigenvalue weighted by Gasteiger charge is 2.18. The van der Waals surface area contributed by atoms with Crippen LogP contribution in [0.3, 0.4) is 0 Å². The summed E-state index contributed by atoms with van der Waals surface area (Å²) >= 11 is 0. The molecule has 0 spiro atoms. The summed E-state index contributed by atoms with van der Waals surface area (Å²) in [7, 11) is 0. The second-order valence-electron chi connectivity index (χ2n) is 19.3. The number of carbonyl (C=O) groups excluding carboxylic acids is 2. The van der Waals surface area contributed by atoms with Crippen molar-refractivity contribution in [3.05, 3.63) is 12.2 Å². The number of rotatable bonds is 52. The minimum absolute atomic E-state index is 0.00251. The van der Waals surface area contributed by atoms with Gasteiger partial charge in [-0.05, 0) is 32.1 Å². The molecule has 0 saturated carbocycles. The molecule has 0 bridgehead atoms. The van der Waals surface area contributed by atoms with E-state index in [2.05, 4.69) is 19.2 Å². The summed E-state index contributed by atoms with van der Waals surface area (Å²) in [6.07, 6.45) is 60.8. The number of unbranched alkanes of at least 4 members (excludes halogenated alkanes) is 41. The first-order valence-electron chi connectivity index (χ1n) is 28.0. The van der Waals surface area contributed by atoms with Crippen molar-refractivity contribution in [2.24, 2.45) is 0 Å². The third-order valence-corrected chi connectivity index (χ3v) is 13.1. The van der Waals surface area contributed by atoms with E-state index in [1.54, 1.807) is 6.08 Å². The van der Waals surface area contributed by atoms with Crippen molar-refractivity contribution in [3.63, 3.8) is 0 Å². The molecule has 2 unspecified atom stereocenters. The van der Waals surface area contributed by atoms with Crippen LogP contribution in [0.2, 0.25) is 0 Å². The van der Waals surface area contributed by atoms with Gasteiger partial charge in [0.2, 0.25) is 5.91 Å². The third-order valence-electron chi connectivity index (χ3n) is 13.1. The molecule has 0 saturated heterocycles. The van der Waals surface area contributed by atoms with Crippen LogP contribution in [0.5, 0.6) is 0 Å². The molecule has 0 aromatic rings. The molecule has 62 heavy (non-hydrogen) atoms. The van der Waals surface area contributed by atoms with Gasteiger partial charge in [-0.25, -0.2) is 0 Å². The molecule has 0 radical (unpaired) electrons. The fourth-order valence-corrected chi connectivity index (χ4v) is 8.75. The summed E-state index contributed by atoms with van der Waals surface area (Å²) in [6, 6.07) is -0.636. The molecule has 3 N–H and O–H groups in total. The van der Waals surface area contributed by atoms with E-state index >= 15 is 0 Å². The van der Waals surface area contributed by atoms with Crippen molar-refractivity contribution in [1.82, 2.24) is 5.32 Å². The van der Waals surface area contributed by atoms with E-state index in [4.69, 9.17) is 4.74 Å². The number of carbonyl (C=O) groups is 2. The molecular formula is C56H109NO5. The Labute approximate surface area is 387 Å². The zero-order valence-electron chi connectivity index (χ0n) is 41.9. The fraction of sp³-hybridized carbons (Fsp3) is 0.929. The second-order valence-corrected chi connectivity index (χ2v) is 19.3. The van der Waals surface area contributed by atoms with Crippen LogP contribution >= 0.6 is 0 Å². The number of aliphatic hydroxyl groups excluding tert-OH is 2. The molecule has 2 atom stereocenters. The molecule has 368 valence electrons. The van der Waals surface area contributed by atoms with Crippen LogP contribution in [0.4, 0.5) is 0 Å². The number of hydrogen-bond acceptors (Lipinski definition) is 5. The molecule has 0 fully saturated rings. The van der Waals surface area contributed by atoms with Gasteiger partial charge in [0.25, 0.3) is 0 Å². The Balaban J connectivity index is 3.45. The zero-order valence-corrected chi connectivity index (χ0v) is 41.9. The first kappa shape index (κ1) is 60.6. The summed E-state index contributed by atoms with van der Waals surface area (Å²) in [4.78, 5) is 24.5. The highest BCUT2D eigenvalue weighted by molar-refractivity contribution is 5.76. The summed E-state index contributed by atoms with van der Waals surface area (Å²) in [5, 5.41) is 23.1. The lowest BCUT2D eigenvalue weighted by molar-refractivity contribution is -0.143. The van der Waals surface area contributed by atoms with Crippen molar-refractivity contribution in [1.29, 1.82) is 0 Å². The maximum atomic E-state index is 12.4. The molecule has 1 amide bonds. The normalized spacial score (nSPS) is 12.6.